The summed E-state index contributed by atoms with van der Waals surface area (Å²) < 4.78 is 4.57. The number of amides is 1. The molecule has 6 N–H and O–H groups in total. The number of nitrogens with one attached hydrogen (secondary N) is 1. The number of benzene rings is 3. The van der Waals surface area contributed by atoms with Crippen LogP contribution in [-0.2, 0) is 46.3 Å². The zero-order valence-corrected chi connectivity index (χ0v) is 36.3. The first-order valence-electron chi connectivity index (χ1n) is 19.8. The van der Waals surface area contributed by atoms with Crippen LogP contribution in [-0.4, -0.2) is 57.9 Å². The minimum absolute atomic E-state index is 0. The van der Waals surface area contributed by atoms with Crippen molar-refractivity contribution in [2.24, 2.45) is 0 Å². The molecule has 12 nitrogen and oxygen atoms in total. The average Bonchev–Trinajstić information content (AvgIpc) is 3.20. The van der Waals surface area contributed by atoms with Crippen molar-refractivity contribution in [2.75, 3.05) is 12.8 Å². The minimum Gasteiger partial charge on any atom is -0.481 e. The number of hydroxylamine groups is 1. The monoisotopic (exact) mass is 920 g/mol. The number of carbonyl (C=O) groups excluding carboxylic acids is 4. The third kappa shape index (κ3) is 38.3. The maximum Gasteiger partial charge on any atom is 0.305 e. The molecule has 3 rings (SSSR count). The van der Waals surface area contributed by atoms with Crippen molar-refractivity contribution in [3.63, 3.8) is 0 Å². The molecule has 0 heterocycles. The van der Waals surface area contributed by atoms with Crippen molar-refractivity contribution in [1.29, 1.82) is 0 Å². The van der Waals surface area contributed by atoms with Gasteiger partial charge in [-0.3, -0.25) is 34.0 Å². The van der Waals surface area contributed by atoms with Gasteiger partial charge in [-0.1, -0.05) is 117 Å². The number of carbonyl (C=O) groups is 6. The predicted molar refractivity (Wildman–Crippen MR) is 237 cm³/mol. The highest BCUT2D eigenvalue weighted by Crippen LogP contribution is 2.10. The van der Waals surface area contributed by atoms with Crippen LogP contribution >= 0.6 is 24.0 Å². The topological polar surface area (TPSA) is 210 Å². The number of Topliss-reactive ketones (excluding diaryl/α,β-unsaturated/α-hetero) is 2. The quantitative estimate of drug-likeness (QED) is 0.0135. The second kappa shape index (κ2) is 39.2. The van der Waals surface area contributed by atoms with Gasteiger partial charge in [0.1, 0.15) is 11.6 Å². The molecular formula is C45H65IN2O10. The lowest BCUT2D eigenvalue weighted by atomic mass is 10.0. The Morgan fingerprint density at radius 3 is 1.14 bits per heavy atom. The van der Waals surface area contributed by atoms with E-state index in [4.69, 9.17) is 21.2 Å². The first-order chi connectivity index (χ1) is 27.5. The molecule has 0 aliphatic carbocycles. The summed E-state index contributed by atoms with van der Waals surface area (Å²) in [6.07, 6.45) is 13.6. The van der Waals surface area contributed by atoms with Gasteiger partial charge >= 0.3 is 17.9 Å². The van der Waals surface area contributed by atoms with Gasteiger partial charge in [0.15, 0.2) is 0 Å². The number of hydrogen-bond acceptors (Lipinski definition) is 9. The molecule has 0 aromatic heterocycles. The van der Waals surface area contributed by atoms with Gasteiger partial charge < -0.3 is 20.7 Å². The fraction of sp³-hybridized carbons (Fsp3) is 0.467. The lowest BCUT2D eigenvalue weighted by Gasteiger charge is -2.02. The minimum atomic E-state index is -0.784. The summed E-state index contributed by atoms with van der Waals surface area (Å²) in [4.78, 5) is 65.1. The van der Waals surface area contributed by atoms with Crippen molar-refractivity contribution >= 4 is 65.0 Å². The van der Waals surface area contributed by atoms with Crippen LogP contribution in [0.25, 0.3) is 0 Å². The van der Waals surface area contributed by atoms with Gasteiger partial charge in [0.05, 0.1) is 7.11 Å². The number of esters is 1. The number of halogens is 1. The van der Waals surface area contributed by atoms with Gasteiger partial charge in [-0.2, -0.15) is 0 Å². The van der Waals surface area contributed by atoms with Crippen LogP contribution in [0, 0.1) is 0 Å². The van der Waals surface area contributed by atoms with Crippen LogP contribution in [0.15, 0.2) is 91.0 Å². The number of rotatable bonds is 25. The number of nitrogens with two attached hydrogens (primary N) is 1. The molecule has 0 bridgehead atoms. The number of carboxylic acid groups (broad SMARTS) is 2. The molecule has 0 spiro atoms. The number of ketones is 2. The second-order valence-corrected chi connectivity index (χ2v) is 13.5. The van der Waals surface area contributed by atoms with E-state index in [0.29, 0.717) is 57.1 Å². The van der Waals surface area contributed by atoms with Gasteiger partial charge in [-0.15, -0.1) is 24.0 Å². The summed E-state index contributed by atoms with van der Waals surface area (Å²) >= 11 is 0. The number of anilines is 1. The van der Waals surface area contributed by atoms with Gasteiger partial charge in [-0.05, 0) is 61.8 Å². The van der Waals surface area contributed by atoms with Gasteiger partial charge in [0.25, 0.3) is 0 Å². The van der Waals surface area contributed by atoms with Gasteiger partial charge in [0.2, 0.25) is 5.91 Å². The van der Waals surface area contributed by atoms with E-state index in [-0.39, 0.29) is 54.5 Å². The van der Waals surface area contributed by atoms with E-state index in [0.717, 1.165) is 81.0 Å². The van der Waals surface area contributed by atoms with Crippen molar-refractivity contribution in [1.82, 2.24) is 5.48 Å². The Bertz CT molecular complexity index is 1410. The van der Waals surface area contributed by atoms with E-state index in [9.17, 15) is 28.8 Å². The molecule has 0 atom stereocenters. The third-order valence-corrected chi connectivity index (χ3v) is 8.37. The first-order valence-corrected chi connectivity index (χ1v) is 19.8. The Morgan fingerprint density at radius 1 is 0.500 bits per heavy atom. The summed E-state index contributed by atoms with van der Waals surface area (Å²) in [5, 5.41) is 24.8. The molecule has 322 valence electrons. The van der Waals surface area contributed by atoms with Crippen molar-refractivity contribution in [3.05, 3.63) is 102 Å². The highest BCUT2D eigenvalue weighted by atomic mass is 127. The van der Waals surface area contributed by atoms with E-state index in [1.54, 1.807) is 5.48 Å². The molecule has 0 radical (unpaired) electrons. The fourth-order valence-corrected chi connectivity index (χ4v) is 5.25. The van der Waals surface area contributed by atoms with E-state index < -0.39 is 11.9 Å². The number of para-hydroxylation sites is 1. The first kappa shape index (κ1) is 55.5. The molecule has 1 amide bonds. The van der Waals surface area contributed by atoms with Crippen LogP contribution in [0.2, 0.25) is 0 Å². The molecule has 0 unspecified atom stereocenters. The molecule has 0 aliphatic rings. The number of unbranched alkanes of at least 4 members (excludes halogenated alkanes) is 9. The highest BCUT2D eigenvalue weighted by Gasteiger charge is 2.06. The lowest BCUT2D eigenvalue weighted by Crippen LogP contribution is -2.17. The molecule has 3 aromatic carbocycles. The number of nitrogen functional groups attached to an aromatic ring is 1. The molecule has 0 aliphatic heterocycles. The molecule has 58 heavy (non-hydrogen) atoms. The average molecular weight is 921 g/mol. The standard InChI is InChI=1S/C16H22O3.C15H21NO3.C8H14O4.C6H7N.HI/c1-19-16(18)12-8-3-2-7-11-15(17)13-14-9-5-4-6-10-14;17-14(12-13-8-4-3-5-9-13)10-6-1-2-7-11-15(18)16-19;9-7(10)5-3-1-2-4-6-8(11)12;7-6-4-2-1-3-5-6;/h4-6,9-10H,2-3,7-8,11-13H2,1H3;3-5,8-9,19H,1-2,6-7,10-12H2,(H,16,18);1-6H2,(H,9,10)(H,11,12);1-5H,7H2;1H. The smallest absolute Gasteiger partial charge is 0.305 e. The Hall–Kier alpha value is -4.63. The number of ether oxygens (including phenoxy) is 1. The number of aliphatic carboxylic acids is 2. The van der Waals surface area contributed by atoms with Crippen molar-refractivity contribution < 1.29 is 48.9 Å². The molecule has 0 saturated heterocycles. The second-order valence-electron chi connectivity index (χ2n) is 13.5. The van der Waals surface area contributed by atoms with Gasteiger partial charge in [-0.25, -0.2) is 5.48 Å². The number of methoxy groups -OCH3 is 1. The normalized spacial score (nSPS) is 9.69. The summed E-state index contributed by atoms with van der Waals surface area (Å²) in [5.74, 6) is -1.51. The van der Waals surface area contributed by atoms with E-state index in [1.165, 1.54) is 7.11 Å². The van der Waals surface area contributed by atoms with Gasteiger partial charge in [0, 0.05) is 57.1 Å². The Labute approximate surface area is 361 Å². The highest BCUT2D eigenvalue weighted by molar-refractivity contribution is 14.0. The van der Waals surface area contributed by atoms with E-state index in [2.05, 4.69) is 4.74 Å². The maximum atomic E-state index is 11.7. The summed E-state index contributed by atoms with van der Waals surface area (Å²) in [6, 6.07) is 29.1. The zero-order chi connectivity index (χ0) is 42.4. The largest absolute Gasteiger partial charge is 0.481 e. The Balaban J connectivity index is 0. The van der Waals surface area contributed by atoms with E-state index >= 15 is 0 Å². The summed E-state index contributed by atoms with van der Waals surface area (Å²) in [7, 11) is 1.41. The van der Waals surface area contributed by atoms with Crippen LogP contribution in [0.5, 0.6) is 0 Å². The van der Waals surface area contributed by atoms with Crippen LogP contribution in [0.4, 0.5) is 5.69 Å². The third-order valence-electron chi connectivity index (χ3n) is 8.37. The van der Waals surface area contributed by atoms with Crippen LogP contribution in [0.3, 0.4) is 0 Å². The lowest BCUT2D eigenvalue weighted by molar-refractivity contribution is -0.141. The number of hydrogen-bond donors (Lipinski definition) is 5. The molecule has 0 fully saturated rings. The molecule has 13 heteroatoms. The summed E-state index contributed by atoms with van der Waals surface area (Å²) in [5.41, 5.74) is 9.93. The molecular weight excluding hydrogens is 855 g/mol. The molecule has 0 saturated carbocycles. The maximum absolute atomic E-state index is 11.7. The fourth-order valence-electron chi connectivity index (χ4n) is 5.25. The van der Waals surface area contributed by atoms with E-state index in [1.807, 2.05) is 91.0 Å². The van der Waals surface area contributed by atoms with Crippen molar-refractivity contribution in [3.8, 4) is 0 Å². The van der Waals surface area contributed by atoms with Crippen LogP contribution < -0.4 is 11.2 Å². The Kier molecular flexibility index (Phi) is 37.5. The van der Waals surface area contributed by atoms with Crippen molar-refractivity contribution in [2.45, 2.75) is 128 Å². The number of carboxylic acids is 2. The summed E-state index contributed by atoms with van der Waals surface area (Å²) in [6.45, 7) is 0. The SMILES string of the molecule is COC(=O)CCCCCCC(=O)Cc1ccccc1.I.Nc1ccccc1.O=C(CCCCCCC(=O)NO)Cc1ccccc1.O=C(O)CCCCCCC(=O)O. The predicted octanol–water partition coefficient (Wildman–Crippen LogP) is 9.34. The Morgan fingerprint density at radius 2 is 0.828 bits per heavy atom. The zero-order valence-electron chi connectivity index (χ0n) is 34.0. The molecule has 3 aromatic rings. The van der Waals surface area contributed by atoms with Crippen LogP contribution in [0.1, 0.15) is 127 Å².